The fourth-order valence-electron chi connectivity index (χ4n) is 5.54. The molecule has 1 amide bonds. The molecule has 0 spiro atoms. The van der Waals surface area contributed by atoms with E-state index in [0.29, 0.717) is 24.8 Å². The average Bonchev–Trinajstić information content (AvgIpc) is 2.97. The zero-order chi connectivity index (χ0) is 30.9. The number of hydrogen-bond donors (Lipinski definition) is 2. The van der Waals surface area contributed by atoms with Crippen molar-refractivity contribution in [2.75, 3.05) is 0 Å². The molecular weight excluding hydrogens is 557 g/mol. The summed E-state index contributed by atoms with van der Waals surface area (Å²) in [5.41, 5.74) is -0.821. The normalized spacial score (nSPS) is 14.7. The Morgan fingerprint density at radius 3 is 1.79 bits per heavy atom. The molecule has 3 aromatic carbocycles. The number of benzene rings is 3. The number of nitrogens with two attached hydrogens (primary N) is 1. The van der Waals surface area contributed by atoms with Gasteiger partial charge in [0.05, 0.1) is 6.61 Å². The maximum atomic E-state index is 14.3. The maximum Gasteiger partial charge on any atom is 0.426 e. The van der Waals surface area contributed by atoms with E-state index in [0.717, 1.165) is 0 Å². The van der Waals surface area contributed by atoms with Gasteiger partial charge in [-0.2, -0.15) is 13.2 Å². The number of nitrogens with one attached hydrogen (secondary N) is 1. The average molecular weight is 601 g/mol. The molecule has 0 aromatic heterocycles. The summed E-state index contributed by atoms with van der Waals surface area (Å²) in [6.45, 7) is 8.29. The summed E-state index contributed by atoms with van der Waals surface area (Å²) in [5, 5.41) is 2.17. The van der Waals surface area contributed by atoms with E-state index in [4.69, 9.17) is 15.0 Å². The minimum atomic E-state index is -4.94. The molecule has 2 atom stereocenters. The lowest BCUT2D eigenvalue weighted by Crippen LogP contribution is -2.67. The molecule has 0 saturated carbocycles. The number of unbranched alkanes of at least 4 members (excludes halogenated alkanes) is 2. The van der Waals surface area contributed by atoms with Crippen LogP contribution in [0.3, 0.4) is 0 Å². The highest BCUT2D eigenvalue weighted by Crippen LogP contribution is 2.40. The van der Waals surface area contributed by atoms with Crippen LogP contribution in [0, 0.1) is 0 Å². The van der Waals surface area contributed by atoms with Gasteiger partial charge in [-0.3, -0.25) is 10.2 Å². The SMILES string of the molecule is C[C@H](CCCCC[C@@](OCc1ccccc1)(C(=O)NN)C(F)(F)F)O[Si](c1ccccc1)(c1ccccc1)C(C)(C)C. The molecule has 3 N–H and O–H groups in total. The minimum absolute atomic E-state index is 0.133. The second-order valence-corrected chi connectivity index (χ2v) is 16.0. The summed E-state index contributed by atoms with van der Waals surface area (Å²) in [4.78, 5) is 12.5. The molecule has 0 fully saturated rings. The lowest BCUT2D eigenvalue weighted by molar-refractivity contribution is -0.273. The first kappa shape index (κ1) is 33.5. The first-order chi connectivity index (χ1) is 19.9. The van der Waals surface area contributed by atoms with Gasteiger partial charge in [0.2, 0.25) is 5.60 Å². The Hall–Kier alpha value is -2.98. The lowest BCUT2D eigenvalue weighted by atomic mass is 9.93. The predicted molar refractivity (Wildman–Crippen MR) is 164 cm³/mol. The van der Waals surface area contributed by atoms with Crippen LogP contribution in [-0.2, 0) is 20.6 Å². The largest absolute Gasteiger partial charge is 0.426 e. The number of halogens is 3. The third-order valence-electron chi connectivity index (χ3n) is 7.72. The Bertz CT molecular complexity index is 1200. The quantitative estimate of drug-likeness (QED) is 0.0738. The van der Waals surface area contributed by atoms with Gasteiger partial charge in [0.1, 0.15) is 0 Å². The van der Waals surface area contributed by atoms with Crippen LogP contribution in [-0.4, -0.2) is 32.1 Å². The fourth-order valence-corrected chi connectivity index (χ4v) is 10.3. The Balaban J connectivity index is 1.71. The minimum Gasteiger partial charge on any atom is -0.405 e. The molecule has 0 radical (unpaired) electrons. The van der Waals surface area contributed by atoms with Crippen molar-refractivity contribution in [2.24, 2.45) is 5.84 Å². The second-order valence-electron chi connectivity index (χ2n) is 11.8. The molecule has 0 saturated heterocycles. The van der Waals surface area contributed by atoms with Gasteiger partial charge in [0.15, 0.2) is 0 Å². The second kappa shape index (κ2) is 14.5. The van der Waals surface area contributed by atoms with Crippen LogP contribution in [0.5, 0.6) is 0 Å². The van der Waals surface area contributed by atoms with Crippen LogP contribution < -0.4 is 21.6 Å². The van der Waals surface area contributed by atoms with E-state index in [2.05, 4.69) is 45.0 Å². The van der Waals surface area contributed by atoms with Crippen LogP contribution in [0.15, 0.2) is 91.0 Å². The van der Waals surface area contributed by atoms with Crippen molar-refractivity contribution in [3.8, 4) is 0 Å². The summed E-state index contributed by atoms with van der Waals surface area (Å²) < 4.78 is 55.3. The van der Waals surface area contributed by atoms with Crippen LogP contribution >= 0.6 is 0 Å². The molecule has 0 bridgehead atoms. The van der Waals surface area contributed by atoms with E-state index in [1.165, 1.54) is 10.4 Å². The Morgan fingerprint density at radius 2 is 1.33 bits per heavy atom. The van der Waals surface area contributed by atoms with Crippen molar-refractivity contribution in [1.29, 1.82) is 0 Å². The van der Waals surface area contributed by atoms with Gasteiger partial charge in [0.25, 0.3) is 14.2 Å². The van der Waals surface area contributed by atoms with Crippen molar-refractivity contribution < 1.29 is 27.1 Å². The molecule has 3 rings (SSSR count). The molecule has 0 heterocycles. The van der Waals surface area contributed by atoms with Crippen molar-refractivity contribution >= 4 is 24.6 Å². The van der Waals surface area contributed by atoms with E-state index in [1.807, 2.05) is 43.3 Å². The number of hydrazine groups is 1. The Kier molecular flexibility index (Phi) is 11.5. The molecule has 0 aliphatic rings. The van der Waals surface area contributed by atoms with Gasteiger partial charge >= 0.3 is 6.18 Å². The molecular formula is C33H43F3N2O3Si. The zero-order valence-electron chi connectivity index (χ0n) is 24.9. The molecule has 228 valence electrons. The van der Waals surface area contributed by atoms with E-state index < -0.39 is 32.4 Å². The molecule has 0 aliphatic carbocycles. The molecule has 9 heteroatoms. The highest BCUT2D eigenvalue weighted by molar-refractivity contribution is 6.99. The van der Waals surface area contributed by atoms with Crippen molar-refractivity contribution in [3.05, 3.63) is 96.6 Å². The summed E-state index contributed by atoms with van der Waals surface area (Å²) in [5.74, 6) is 3.80. The smallest absolute Gasteiger partial charge is 0.405 e. The number of hydrogen-bond acceptors (Lipinski definition) is 4. The third-order valence-corrected chi connectivity index (χ3v) is 12.9. The van der Waals surface area contributed by atoms with Gasteiger partial charge in [-0.1, -0.05) is 125 Å². The summed E-state index contributed by atoms with van der Waals surface area (Å²) in [7, 11) is -2.73. The first-order valence-electron chi connectivity index (χ1n) is 14.4. The number of alkyl halides is 3. The van der Waals surface area contributed by atoms with E-state index in [1.54, 1.807) is 35.8 Å². The first-order valence-corrected chi connectivity index (χ1v) is 16.3. The van der Waals surface area contributed by atoms with Crippen molar-refractivity contribution in [2.45, 2.75) is 89.3 Å². The maximum absolute atomic E-state index is 14.3. The summed E-state index contributed by atoms with van der Waals surface area (Å²) in [6.07, 6.45) is -3.70. The summed E-state index contributed by atoms with van der Waals surface area (Å²) >= 11 is 0. The van der Waals surface area contributed by atoms with Crippen LogP contribution in [0.2, 0.25) is 5.04 Å². The third kappa shape index (κ3) is 7.69. The molecule has 3 aromatic rings. The predicted octanol–water partition coefficient (Wildman–Crippen LogP) is 6.41. The molecule has 42 heavy (non-hydrogen) atoms. The fraction of sp³-hybridized carbons (Fsp3) is 0.424. The van der Waals surface area contributed by atoms with Gasteiger partial charge < -0.3 is 9.16 Å². The Labute approximate surface area is 248 Å². The number of carbonyl (C=O) groups excluding carboxylic acids is 1. The lowest BCUT2D eigenvalue weighted by Gasteiger charge is -2.44. The number of carbonyl (C=O) groups is 1. The number of rotatable bonds is 14. The van der Waals surface area contributed by atoms with Gasteiger partial charge in [-0.25, -0.2) is 5.84 Å². The van der Waals surface area contributed by atoms with E-state index in [-0.39, 0.29) is 24.2 Å². The van der Waals surface area contributed by atoms with Gasteiger partial charge in [-0.15, -0.1) is 0 Å². The van der Waals surface area contributed by atoms with Crippen molar-refractivity contribution in [1.82, 2.24) is 5.43 Å². The zero-order valence-corrected chi connectivity index (χ0v) is 25.9. The van der Waals surface area contributed by atoms with E-state index >= 15 is 0 Å². The van der Waals surface area contributed by atoms with Gasteiger partial charge in [-0.05, 0) is 47.2 Å². The van der Waals surface area contributed by atoms with Crippen molar-refractivity contribution in [3.63, 3.8) is 0 Å². The van der Waals surface area contributed by atoms with E-state index in [9.17, 15) is 18.0 Å². The number of amides is 1. The highest BCUT2D eigenvalue weighted by atomic mass is 28.4. The molecule has 0 aliphatic heterocycles. The molecule has 5 nitrogen and oxygen atoms in total. The monoisotopic (exact) mass is 600 g/mol. The molecule has 0 unspecified atom stereocenters. The topological polar surface area (TPSA) is 73.6 Å². The van der Waals surface area contributed by atoms with Gasteiger partial charge in [0, 0.05) is 6.10 Å². The van der Waals surface area contributed by atoms with Crippen LogP contribution in [0.1, 0.15) is 65.4 Å². The standard InChI is InChI=1S/C33H43F3N2O3Si/c1-26(41-42(31(2,3)4,28-20-12-6-13-21-28)29-22-14-7-15-23-29)17-9-8-16-24-32(30(39)38-37,33(34,35)36)40-25-27-18-10-5-11-19-27/h5-7,10-15,18-23,26H,8-9,16-17,24-25,37H2,1-4H3,(H,38,39)/t26-,32-/m1/s1. The van der Waals surface area contributed by atoms with Crippen LogP contribution in [0.4, 0.5) is 13.2 Å². The highest BCUT2D eigenvalue weighted by Gasteiger charge is 2.61. The summed E-state index contributed by atoms with van der Waals surface area (Å²) in [6, 6.07) is 29.1. The number of ether oxygens (including phenoxy) is 1. The Morgan fingerprint density at radius 1 is 0.833 bits per heavy atom. The van der Waals surface area contributed by atoms with Crippen LogP contribution in [0.25, 0.3) is 0 Å².